The predicted octanol–water partition coefficient (Wildman–Crippen LogP) is 4.30. The van der Waals surface area contributed by atoms with Crippen LogP contribution in [0.3, 0.4) is 0 Å². The SMILES string of the molecule is COc1ccc(C=CCCNC(=O)OCc2ccccc2)c(F)c1F. The number of nitrogens with one attached hydrogen (secondary N) is 1. The molecular weight excluding hydrogens is 328 g/mol. The van der Waals surface area contributed by atoms with Gasteiger partial charge in [-0.2, -0.15) is 4.39 Å². The maximum absolute atomic E-state index is 13.8. The highest BCUT2D eigenvalue weighted by molar-refractivity contribution is 5.67. The van der Waals surface area contributed by atoms with Crippen molar-refractivity contribution in [3.8, 4) is 5.75 Å². The van der Waals surface area contributed by atoms with Gasteiger partial charge in [0.15, 0.2) is 11.6 Å². The first-order chi connectivity index (χ1) is 12.1. The van der Waals surface area contributed by atoms with Crippen LogP contribution in [0.15, 0.2) is 48.5 Å². The van der Waals surface area contributed by atoms with Gasteiger partial charge in [0.2, 0.25) is 5.82 Å². The summed E-state index contributed by atoms with van der Waals surface area (Å²) in [6, 6.07) is 12.1. The summed E-state index contributed by atoms with van der Waals surface area (Å²) in [5.74, 6) is -2.13. The third kappa shape index (κ3) is 5.60. The highest BCUT2D eigenvalue weighted by Gasteiger charge is 2.11. The van der Waals surface area contributed by atoms with Crippen LogP contribution in [-0.4, -0.2) is 19.7 Å². The van der Waals surface area contributed by atoms with Crippen LogP contribution in [0.5, 0.6) is 5.75 Å². The Morgan fingerprint density at radius 3 is 2.60 bits per heavy atom. The number of methoxy groups -OCH3 is 1. The summed E-state index contributed by atoms with van der Waals surface area (Å²) in [6.07, 6.45) is 3.02. The van der Waals surface area contributed by atoms with Gasteiger partial charge >= 0.3 is 6.09 Å². The normalized spacial score (nSPS) is 10.7. The molecule has 0 aromatic heterocycles. The molecule has 4 nitrogen and oxygen atoms in total. The van der Waals surface area contributed by atoms with Crippen LogP contribution in [0.1, 0.15) is 17.5 Å². The van der Waals surface area contributed by atoms with Gasteiger partial charge in [-0.3, -0.25) is 0 Å². The molecule has 0 saturated carbocycles. The smallest absolute Gasteiger partial charge is 0.407 e. The van der Waals surface area contributed by atoms with Crippen molar-refractivity contribution < 1.29 is 23.0 Å². The molecule has 0 heterocycles. The Morgan fingerprint density at radius 1 is 1.12 bits per heavy atom. The van der Waals surface area contributed by atoms with Crippen molar-refractivity contribution >= 4 is 12.2 Å². The van der Waals surface area contributed by atoms with Gasteiger partial charge in [-0.15, -0.1) is 0 Å². The molecule has 132 valence electrons. The first kappa shape index (κ1) is 18.4. The third-order valence-electron chi connectivity index (χ3n) is 3.39. The van der Waals surface area contributed by atoms with Gasteiger partial charge in [-0.25, -0.2) is 9.18 Å². The van der Waals surface area contributed by atoms with E-state index in [1.807, 2.05) is 30.3 Å². The quantitative estimate of drug-likeness (QED) is 0.760. The van der Waals surface area contributed by atoms with Gasteiger partial charge < -0.3 is 14.8 Å². The molecule has 0 unspecified atom stereocenters. The predicted molar refractivity (Wildman–Crippen MR) is 91.2 cm³/mol. The Labute approximate surface area is 145 Å². The van der Waals surface area contributed by atoms with E-state index in [1.54, 1.807) is 6.08 Å². The minimum absolute atomic E-state index is 0.116. The Bertz CT molecular complexity index is 733. The molecule has 2 aromatic rings. The van der Waals surface area contributed by atoms with E-state index >= 15 is 0 Å². The summed E-state index contributed by atoms with van der Waals surface area (Å²) in [4.78, 5) is 11.5. The molecule has 6 heteroatoms. The van der Waals surface area contributed by atoms with Crippen molar-refractivity contribution in [2.75, 3.05) is 13.7 Å². The topological polar surface area (TPSA) is 47.6 Å². The second-order valence-electron chi connectivity index (χ2n) is 5.16. The Balaban J connectivity index is 1.73. The van der Waals surface area contributed by atoms with Crippen LogP contribution in [-0.2, 0) is 11.3 Å². The number of ether oxygens (including phenoxy) is 2. The molecule has 0 fully saturated rings. The zero-order valence-electron chi connectivity index (χ0n) is 13.8. The molecule has 1 amide bonds. The number of hydrogen-bond donors (Lipinski definition) is 1. The van der Waals surface area contributed by atoms with Crippen LogP contribution >= 0.6 is 0 Å². The Morgan fingerprint density at radius 2 is 1.88 bits per heavy atom. The minimum atomic E-state index is -1.02. The fourth-order valence-electron chi connectivity index (χ4n) is 2.08. The first-order valence-electron chi connectivity index (χ1n) is 7.75. The second kappa shape index (κ2) is 9.42. The van der Waals surface area contributed by atoms with Crippen LogP contribution < -0.4 is 10.1 Å². The van der Waals surface area contributed by atoms with E-state index in [1.165, 1.54) is 25.3 Å². The summed E-state index contributed by atoms with van der Waals surface area (Å²) < 4.78 is 37.1. The van der Waals surface area contributed by atoms with Crippen LogP contribution in [0, 0.1) is 11.6 Å². The zero-order chi connectivity index (χ0) is 18.1. The number of alkyl carbamates (subject to hydrolysis) is 1. The highest BCUT2D eigenvalue weighted by Crippen LogP contribution is 2.23. The molecule has 0 bridgehead atoms. The van der Waals surface area contributed by atoms with Gasteiger partial charge in [-0.05, 0) is 24.1 Å². The molecule has 0 radical (unpaired) electrons. The van der Waals surface area contributed by atoms with Crippen molar-refractivity contribution in [3.05, 3.63) is 71.3 Å². The van der Waals surface area contributed by atoms with E-state index in [2.05, 4.69) is 5.32 Å². The lowest BCUT2D eigenvalue weighted by molar-refractivity contribution is 0.140. The van der Waals surface area contributed by atoms with Gasteiger partial charge in [0, 0.05) is 12.1 Å². The first-order valence-corrected chi connectivity index (χ1v) is 7.75. The second-order valence-corrected chi connectivity index (χ2v) is 5.16. The maximum atomic E-state index is 13.8. The van der Waals surface area contributed by atoms with Gasteiger partial charge in [0.25, 0.3) is 0 Å². The molecular formula is C19H19F2NO3. The van der Waals surface area contributed by atoms with E-state index in [9.17, 15) is 13.6 Å². The standard InChI is InChI=1S/C19H19F2NO3/c1-24-16-11-10-15(17(20)18(16)21)9-5-6-12-22-19(23)25-13-14-7-3-2-4-8-14/h2-5,7-11H,6,12-13H2,1H3,(H,22,23). The van der Waals surface area contributed by atoms with Crippen molar-refractivity contribution in [2.24, 2.45) is 0 Å². The number of amides is 1. The fraction of sp³-hybridized carbons (Fsp3) is 0.211. The molecule has 0 atom stereocenters. The lowest BCUT2D eigenvalue weighted by atomic mass is 10.1. The van der Waals surface area contributed by atoms with Crippen molar-refractivity contribution in [1.29, 1.82) is 0 Å². The fourth-order valence-corrected chi connectivity index (χ4v) is 2.08. The lowest BCUT2D eigenvalue weighted by Crippen LogP contribution is -2.24. The summed E-state index contributed by atoms with van der Waals surface area (Å²) >= 11 is 0. The summed E-state index contributed by atoms with van der Waals surface area (Å²) in [5.41, 5.74) is 1.01. The average molecular weight is 347 g/mol. The Hall–Kier alpha value is -2.89. The van der Waals surface area contributed by atoms with Gasteiger partial charge in [0.05, 0.1) is 7.11 Å². The molecule has 0 aliphatic rings. The monoisotopic (exact) mass is 347 g/mol. The van der Waals surface area contributed by atoms with E-state index in [4.69, 9.17) is 9.47 Å². The number of benzene rings is 2. The van der Waals surface area contributed by atoms with Gasteiger partial charge in [-0.1, -0.05) is 42.5 Å². The van der Waals surface area contributed by atoms with E-state index in [0.717, 1.165) is 5.56 Å². The van der Waals surface area contributed by atoms with E-state index in [0.29, 0.717) is 13.0 Å². The molecule has 0 aliphatic carbocycles. The number of carbonyl (C=O) groups excluding carboxylic acids is 1. The summed E-state index contributed by atoms with van der Waals surface area (Å²) in [7, 11) is 1.27. The highest BCUT2D eigenvalue weighted by atomic mass is 19.2. The van der Waals surface area contributed by atoms with E-state index < -0.39 is 17.7 Å². The van der Waals surface area contributed by atoms with Crippen LogP contribution in [0.2, 0.25) is 0 Å². The number of halogens is 2. The molecule has 0 aliphatic heterocycles. The molecule has 2 aromatic carbocycles. The summed E-state index contributed by atoms with van der Waals surface area (Å²) in [5, 5.41) is 2.58. The lowest BCUT2D eigenvalue weighted by Gasteiger charge is -2.06. The summed E-state index contributed by atoms with van der Waals surface area (Å²) in [6.45, 7) is 0.517. The minimum Gasteiger partial charge on any atom is -0.494 e. The molecule has 0 saturated heterocycles. The largest absolute Gasteiger partial charge is 0.494 e. The Kier molecular flexibility index (Phi) is 6.95. The number of carbonyl (C=O) groups is 1. The van der Waals surface area contributed by atoms with Crippen LogP contribution in [0.25, 0.3) is 6.08 Å². The zero-order valence-corrected chi connectivity index (χ0v) is 13.8. The number of rotatable bonds is 7. The number of hydrogen-bond acceptors (Lipinski definition) is 3. The molecule has 0 spiro atoms. The van der Waals surface area contributed by atoms with Crippen molar-refractivity contribution in [1.82, 2.24) is 5.32 Å². The van der Waals surface area contributed by atoms with Crippen molar-refractivity contribution in [2.45, 2.75) is 13.0 Å². The average Bonchev–Trinajstić information content (AvgIpc) is 2.64. The van der Waals surface area contributed by atoms with Gasteiger partial charge in [0.1, 0.15) is 6.61 Å². The third-order valence-corrected chi connectivity index (χ3v) is 3.39. The molecule has 1 N–H and O–H groups in total. The molecule has 25 heavy (non-hydrogen) atoms. The van der Waals surface area contributed by atoms with Crippen molar-refractivity contribution in [3.63, 3.8) is 0 Å². The van der Waals surface area contributed by atoms with E-state index in [-0.39, 0.29) is 17.9 Å². The molecule has 2 rings (SSSR count). The maximum Gasteiger partial charge on any atom is 0.407 e. The van der Waals surface area contributed by atoms with Crippen LogP contribution in [0.4, 0.5) is 13.6 Å².